The van der Waals surface area contributed by atoms with Crippen LogP contribution in [0.25, 0.3) is 0 Å². The molecule has 5 heterocycles. The van der Waals surface area contributed by atoms with E-state index in [1.165, 1.54) is 40.3 Å². The van der Waals surface area contributed by atoms with Gasteiger partial charge in [-0.05, 0) is 47.0 Å². The third-order valence-corrected chi connectivity index (χ3v) is 11.1. The SMILES string of the molecule is O=C(NCc1ccccc1)c1csc(Nc2ccccc2)n1.O=C(NCc1ccccc1)c1csc(Nc2ccccn2)n1.O=C(NCc1ccccc1)c1csc(Nc2ccncn2)n1. The number of amides is 3. The molecule has 0 radical (unpaired) electrons. The summed E-state index contributed by atoms with van der Waals surface area (Å²) in [7, 11) is 0. The minimum Gasteiger partial charge on any atom is -0.347 e. The molecule has 0 aliphatic rings. The Balaban J connectivity index is 0.000000147. The van der Waals surface area contributed by atoms with E-state index in [1.807, 2.05) is 140 Å². The molecule has 0 aliphatic heterocycles. The maximum absolute atomic E-state index is 12.1. The average molecular weight is 931 g/mol. The lowest BCUT2D eigenvalue weighted by atomic mass is 10.2. The molecule has 0 spiro atoms. The lowest BCUT2D eigenvalue weighted by Crippen LogP contribution is -2.23. The third-order valence-electron chi connectivity index (χ3n) is 8.84. The molecule has 9 rings (SSSR count). The second-order valence-corrected chi connectivity index (χ2v) is 16.2. The second kappa shape index (κ2) is 24.6. The number of thiazole rings is 3. The average Bonchev–Trinajstić information content (AvgIpc) is 4.17. The van der Waals surface area contributed by atoms with Gasteiger partial charge in [0.25, 0.3) is 17.7 Å². The molecule has 6 N–H and O–H groups in total. The molecule has 5 aromatic heterocycles. The summed E-state index contributed by atoms with van der Waals surface area (Å²) in [5.74, 6) is 0.792. The molecule has 0 fully saturated rings. The van der Waals surface area contributed by atoms with Crippen LogP contribution in [0.2, 0.25) is 0 Å². The van der Waals surface area contributed by atoms with Crippen molar-refractivity contribution >= 4 is 84.4 Å². The highest BCUT2D eigenvalue weighted by molar-refractivity contribution is 7.14. The maximum Gasteiger partial charge on any atom is 0.271 e. The zero-order valence-electron chi connectivity index (χ0n) is 35.1. The van der Waals surface area contributed by atoms with Crippen molar-refractivity contribution < 1.29 is 14.4 Å². The van der Waals surface area contributed by atoms with E-state index >= 15 is 0 Å². The monoisotopic (exact) mass is 930 g/mol. The van der Waals surface area contributed by atoms with E-state index in [0.717, 1.165) is 22.4 Å². The molecule has 0 atom stereocenters. The first kappa shape index (κ1) is 45.8. The molecule has 0 aliphatic carbocycles. The lowest BCUT2D eigenvalue weighted by molar-refractivity contribution is 0.0939. The van der Waals surface area contributed by atoms with E-state index in [1.54, 1.807) is 34.6 Å². The molecule has 4 aromatic carbocycles. The van der Waals surface area contributed by atoms with E-state index in [0.29, 0.717) is 63.7 Å². The molecule has 330 valence electrons. The zero-order chi connectivity index (χ0) is 45.6. The van der Waals surface area contributed by atoms with Crippen LogP contribution in [0.5, 0.6) is 0 Å². The number of carbonyl (C=O) groups is 3. The normalized spacial score (nSPS) is 10.2. The van der Waals surface area contributed by atoms with Gasteiger partial charge in [0, 0.05) is 53.9 Å². The van der Waals surface area contributed by atoms with Crippen LogP contribution in [0.1, 0.15) is 48.2 Å². The summed E-state index contributed by atoms with van der Waals surface area (Å²) >= 11 is 4.13. The molecule has 0 bridgehead atoms. The molecular formula is C48H42N12O3S3. The number of nitrogens with one attached hydrogen (secondary N) is 6. The van der Waals surface area contributed by atoms with E-state index in [2.05, 4.69) is 61.8 Å². The number of benzene rings is 4. The number of rotatable bonds is 15. The Hall–Kier alpha value is -8.19. The Morgan fingerprint density at radius 1 is 0.409 bits per heavy atom. The molecule has 18 heteroatoms. The summed E-state index contributed by atoms with van der Waals surface area (Å²) in [6.45, 7) is 1.46. The number of carbonyl (C=O) groups excluding carboxylic acids is 3. The van der Waals surface area contributed by atoms with Gasteiger partial charge in [-0.15, -0.1) is 34.0 Å². The Morgan fingerprint density at radius 2 is 0.803 bits per heavy atom. The van der Waals surface area contributed by atoms with Crippen molar-refractivity contribution in [1.82, 2.24) is 45.9 Å². The highest BCUT2D eigenvalue weighted by Crippen LogP contribution is 2.22. The van der Waals surface area contributed by atoms with Crippen molar-refractivity contribution in [2.24, 2.45) is 0 Å². The quantitative estimate of drug-likeness (QED) is 0.0570. The van der Waals surface area contributed by atoms with Gasteiger partial charge in [-0.2, -0.15) is 0 Å². The molecule has 66 heavy (non-hydrogen) atoms. The van der Waals surface area contributed by atoms with Gasteiger partial charge in [0.05, 0.1) is 0 Å². The number of anilines is 6. The molecule has 0 unspecified atom stereocenters. The number of pyridine rings is 1. The summed E-state index contributed by atoms with van der Waals surface area (Å²) in [5.41, 5.74) is 5.33. The minimum absolute atomic E-state index is 0.166. The highest BCUT2D eigenvalue weighted by atomic mass is 32.1. The molecule has 0 saturated carbocycles. The first-order chi connectivity index (χ1) is 32.4. The number of para-hydroxylation sites is 1. The first-order valence-corrected chi connectivity index (χ1v) is 22.9. The van der Waals surface area contributed by atoms with Crippen molar-refractivity contribution in [2.45, 2.75) is 19.6 Å². The van der Waals surface area contributed by atoms with Gasteiger partial charge in [-0.3, -0.25) is 14.4 Å². The van der Waals surface area contributed by atoms with E-state index in [-0.39, 0.29) is 17.7 Å². The van der Waals surface area contributed by atoms with Crippen LogP contribution >= 0.6 is 34.0 Å². The first-order valence-electron chi connectivity index (χ1n) is 20.3. The smallest absolute Gasteiger partial charge is 0.271 e. The Morgan fingerprint density at radius 3 is 1.20 bits per heavy atom. The van der Waals surface area contributed by atoms with Gasteiger partial charge in [-0.25, -0.2) is 29.9 Å². The minimum atomic E-state index is -0.198. The van der Waals surface area contributed by atoms with Crippen LogP contribution in [0, 0.1) is 0 Å². The summed E-state index contributed by atoms with van der Waals surface area (Å²) in [4.78, 5) is 61.1. The Labute approximate surface area is 392 Å². The third kappa shape index (κ3) is 15.0. The van der Waals surface area contributed by atoms with Gasteiger partial charge in [-0.1, -0.05) is 115 Å². The number of hydrogen-bond donors (Lipinski definition) is 6. The van der Waals surface area contributed by atoms with E-state index < -0.39 is 0 Å². The predicted octanol–water partition coefficient (Wildman–Crippen LogP) is 9.64. The van der Waals surface area contributed by atoms with Gasteiger partial charge >= 0.3 is 0 Å². The summed E-state index contributed by atoms with van der Waals surface area (Å²) in [6.07, 6.45) is 4.78. The fourth-order valence-corrected chi connectivity index (χ4v) is 7.68. The highest BCUT2D eigenvalue weighted by Gasteiger charge is 2.13. The molecular weight excluding hydrogens is 889 g/mol. The van der Waals surface area contributed by atoms with E-state index in [4.69, 9.17) is 0 Å². The van der Waals surface area contributed by atoms with Crippen molar-refractivity contribution in [3.8, 4) is 0 Å². The van der Waals surface area contributed by atoms with Crippen molar-refractivity contribution in [3.63, 3.8) is 0 Å². The summed E-state index contributed by atoms with van der Waals surface area (Å²) in [6, 6.07) is 46.4. The van der Waals surface area contributed by atoms with E-state index in [9.17, 15) is 14.4 Å². The topological polar surface area (TPSA) is 201 Å². The number of hydrogen-bond acceptors (Lipinski definition) is 15. The largest absolute Gasteiger partial charge is 0.347 e. The van der Waals surface area contributed by atoms with Crippen molar-refractivity contribution in [3.05, 3.63) is 214 Å². The van der Waals surface area contributed by atoms with Gasteiger partial charge in [0.2, 0.25) is 0 Å². The fraction of sp³-hybridized carbons (Fsp3) is 0.0625. The number of nitrogens with zero attached hydrogens (tertiary/aromatic N) is 6. The Kier molecular flexibility index (Phi) is 17.1. The van der Waals surface area contributed by atoms with Gasteiger partial charge < -0.3 is 31.9 Å². The zero-order valence-corrected chi connectivity index (χ0v) is 37.5. The summed E-state index contributed by atoms with van der Waals surface area (Å²) in [5, 5.41) is 25.0. The molecule has 3 amide bonds. The maximum atomic E-state index is 12.1. The van der Waals surface area contributed by atoms with Crippen LogP contribution < -0.4 is 31.9 Å². The molecule has 15 nitrogen and oxygen atoms in total. The summed E-state index contributed by atoms with van der Waals surface area (Å²) < 4.78 is 0. The van der Waals surface area contributed by atoms with Crippen LogP contribution in [0.15, 0.2) is 180 Å². The van der Waals surface area contributed by atoms with Crippen LogP contribution in [0.4, 0.5) is 32.7 Å². The number of aromatic nitrogens is 6. The van der Waals surface area contributed by atoms with Crippen molar-refractivity contribution in [2.75, 3.05) is 16.0 Å². The van der Waals surface area contributed by atoms with Crippen LogP contribution in [0.3, 0.4) is 0 Å². The standard InChI is InChI=1S/C17H15N3OS.C16H14N4OS.C15H13N5OS/c21-16(18-11-13-7-3-1-4-8-13)15-12-22-17(20-15)19-14-9-5-2-6-10-14;21-15(18-10-12-6-2-1-3-7-12)13-11-22-16(19-13)20-14-8-4-5-9-17-14;21-14(17-8-11-4-2-1-3-5-11)12-9-22-15(19-12)20-13-6-7-16-10-18-13/h1-10,12H,11H2,(H,18,21)(H,19,20);1-9,11H,10H2,(H,18,21)(H,17,19,20);1-7,9-10H,8H2,(H,17,21)(H,16,18,19,20). The molecule has 9 aromatic rings. The van der Waals surface area contributed by atoms with Crippen molar-refractivity contribution in [1.29, 1.82) is 0 Å². The lowest BCUT2D eigenvalue weighted by Gasteiger charge is -2.03. The molecule has 0 saturated heterocycles. The van der Waals surface area contributed by atoms with Crippen LogP contribution in [-0.2, 0) is 19.6 Å². The fourth-order valence-electron chi connectivity index (χ4n) is 5.58. The predicted molar refractivity (Wildman–Crippen MR) is 262 cm³/mol. The Bertz CT molecular complexity index is 2540. The van der Waals surface area contributed by atoms with Gasteiger partial charge in [0.15, 0.2) is 15.4 Å². The van der Waals surface area contributed by atoms with Crippen LogP contribution in [-0.4, -0.2) is 47.6 Å². The van der Waals surface area contributed by atoms with Gasteiger partial charge in [0.1, 0.15) is 35.0 Å². The second-order valence-electron chi connectivity index (χ2n) is 13.7.